The van der Waals surface area contributed by atoms with E-state index < -0.39 is 0 Å². The summed E-state index contributed by atoms with van der Waals surface area (Å²) in [5, 5.41) is 11.4. The lowest BCUT2D eigenvalue weighted by atomic mass is 10.1. The first kappa shape index (κ1) is 14.3. The molecule has 1 aliphatic carbocycles. The van der Waals surface area contributed by atoms with Crippen molar-refractivity contribution >= 4 is 5.96 Å². The Hall–Kier alpha value is -1.63. The van der Waals surface area contributed by atoms with Gasteiger partial charge in [-0.1, -0.05) is 0 Å². The summed E-state index contributed by atoms with van der Waals surface area (Å²) in [4.78, 5) is 8.80. The van der Waals surface area contributed by atoms with Gasteiger partial charge in [0, 0.05) is 33.2 Å². The highest BCUT2D eigenvalue weighted by Gasteiger charge is 2.24. The average Bonchev–Trinajstić information content (AvgIpc) is 3.23. The first-order chi connectivity index (χ1) is 10.3. The van der Waals surface area contributed by atoms with Gasteiger partial charge in [0.05, 0.1) is 6.54 Å². The minimum Gasteiger partial charge on any atom is -0.377 e. The molecule has 7 heteroatoms. The highest BCUT2D eigenvalue weighted by atomic mass is 16.5. The van der Waals surface area contributed by atoms with Crippen LogP contribution < -0.4 is 10.6 Å². The molecule has 0 bridgehead atoms. The SMILES string of the molecule is CN=C(NCC1CC1)NC1CCc2nc(COC)nn2C1. The maximum atomic E-state index is 5.09. The molecule has 0 amide bonds. The number of hydrogen-bond donors (Lipinski definition) is 2. The van der Waals surface area contributed by atoms with E-state index in [4.69, 9.17) is 4.74 Å². The normalized spacial score (nSPS) is 22.0. The number of nitrogens with zero attached hydrogens (tertiary/aromatic N) is 4. The zero-order valence-electron chi connectivity index (χ0n) is 12.8. The van der Waals surface area contributed by atoms with E-state index in [0.29, 0.717) is 12.6 Å². The van der Waals surface area contributed by atoms with Gasteiger partial charge in [-0.2, -0.15) is 5.10 Å². The molecule has 1 unspecified atom stereocenters. The molecule has 21 heavy (non-hydrogen) atoms. The molecular weight excluding hydrogens is 268 g/mol. The third-order valence-electron chi connectivity index (χ3n) is 3.99. The predicted octanol–water partition coefficient (Wildman–Crippen LogP) is 0.314. The minimum atomic E-state index is 0.347. The standard InChI is InChI=1S/C14H24N6O/c1-15-14(16-7-10-3-4-10)17-11-5-6-13-18-12(9-21-2)19-20(13)8-11/h10-11H,3-9H2,1-2H3,(H2,15,16,17). The molecule has 1 aromatic heterocycles. The predicted molar refractivity (Wildman–Crippen MR) is 80.1 cm³/mol. The Morgan fingerprint density at radius 2 is 2.29 bits per heavy atom. The number of hydrogen-bond acceptors (Lipinski definition) is 4. The Morgan fingerprint density at radius 3 is 3.00 bits per heavy atom. The number of nitrogens with one attached hydrogen (secondary N) is 2. The van der Waals surface area contributed by atoms with Crippen molar-refractivity contribution in [3.05, 3.63) is 11.6 Å². The average molecular weight is 292 g/mol. The molecule has 1 fully saturated rings. The Balaban J connectivity index is 1.54. The van der Waals surface area contributed by atoms with Crippen LogP contribution in [0.4, 0.5) is 0 Å². The number of ether oxygens (including phenoxy) is 1. The van der Waals surface area contributed by atoms with Crippen molar-refractivity contribution in [2.45, 2.75) is 44.9 Å². The molecule has 2 N–H and O–H groups in total. The zero-order valence-corrected chi connectivity index (χ0v) is 12.8. The smallest absolute Gasteiger partial charge is 0.191 e. The van der Waals surface area contributed by atoms with Gasteiger partial charge in [0.25, 0.3) is 0 Å². The highest BCUT2D eigenvalue weighted by molar-refractivity contribution is 5.80. The van der Waals surface area contributed by atoms with Crippen LogP contribution in [0, 0.1) is 5.92 Å². The largest absolute Gasteiger partial charge is 0.377 e. The monoisotopic (exact) mass is 292 g/mol. The van der Waals surface area contributed by atoms with E-state index in [0.717, 1.165) is 49.5 Å². The second-order valence-electron chi connectivity index (χ2n) is 5.84. The zero-order chi connectivity index (χ0) is 14.7. The Morgan fingerprint density at radius 1 is 1.43 bits per heavy atom. The summed E-state index contributed by atoms with van der Waals surface area (Å²) in [6.45, 7) is 2.33. The maximum absolute atomic E-state index is 5.09. The molecule has 7 nitrogen and oxygen atoms in total. The summed E-state index contributed by atoms with van der Waals surface area (Å²) in [7, 11) is 3.49. The van der Waals surface area contributed by atoms with E-state index in [1.807, 2.05) is 11.7 Å². The molecule has 0 saturated heterocycles. The molecular formula is C14H24N6O. The Kier molecular flexibility index (Phi) is 4.38. The van der Waals surface area contributed by atoms with E-state index in [2.05, 4.69) is 25.7 Å². The van der Waals surface area contributed by atoms with Crippen molar-refractivity contribution in [3.63, 3.8) is 0 Å². The lowest BCUT2D eigenvalue weighted by Gasteiger charge is -2.25. The molecule has 1 aromatic rings. The first-order valence-corrected chi connectivity index (χ1v) is 7.67. The Labute approximate surface area is 125 Å². The molecule has 0 aromatic carbocycles. The van der Waals surface area contributed by atoms with Crippen molar-refractivity contribution in [1.29, 1.82) is 0 Å². The van der Waals surface area contributed by atoms with E-state index in [-0.39, 0.29) is 0 Å². The Bertz CT molecular complexity index is 508. The molecule has 2 heterocycles. The summed E-state index contributed by atoms with van der Waals surface area (Å²) in [6, 6.07) is 0.347. The van der Waals surface area contributed by atoms with Crippen LogP contribution in [0.3, 0.4) is 0 Å². The van der Waals surface area contributed by atoms with Crippen LogP contribution in [0.1, 0.15) is 30.9 Å². The number of guanidine groups is 1. The van der Waals surface area contributed by atoms with E-state index in [9.17, 15) is 0 Å². The van der Waals surface area contributed by atoms with Crippen LogP contribution >= 0.6 is 0 Å². The van der Waals surface area contributed by atoms with Crippen molar-refractivity contribution in [1.82, 2.24) is 25.4 Å². The molecule has 116 valence electrons. The van der Waals surface area contributed by atoms with Gasteiger partial charge in [-0.25, -0.2) is 9.67 Å². The van der Waals surface area contributed by atoms with Crippen molar-refractivity contribution in [2.75, 3.05) is 20.7 Å². The molecule has 1 atom stereocenters. The summed E-state index contributed by atoms with van der Waals surface area (Å²) >= 11 is 0. The van der Waals surface area contributed by atoms with Crippen molar-refractivity contribution in [2.24, 2.45) is 10.9 Å². The van der Waals surface area contributed by atoms with Gasteiger partial charge in [0.1, 0.15) is 12.4 Å². The van der Waals surface area contributed by atoms with Gasteiger partial charge in [0.15, 0.2) is 11.8 Å². The van der Waals surface area contributed by atoms with Crippen molar-refractivity contribution in [3.8, 4) is 0 Å². The summed E-state index contributed by atoms with van der Waals surface area (Å²) in [5.41, 5.74) is 0. The molecule has 3 rings (SSSR count). The third kappa shape index (κ3) is 3.72. The quantitative estimate of drug-likeness (QED) is 0.603. The molecule has 1 saturated carbocycles. The third-order valence-corrected chi connectivity index (χ3v) is 3.99. The fourth-order valence-corrected chi connectivity index (χ4v) is 2.62. The van der Waals surface area contributed by atoms with Gasteiger partial charge in [-0.05, 0) is 25.2 Å². The van der Waals surface area contributed by atoms with Gasteiger partial charge in [-0.3, -0.25) is 4.99 Å². The lowest BCUT2D eigenvalue weighted by Crippen LogP contribution is -2.47. The lowest BCUT2D eigenvalue weighted by molar-refractivity contribution is 0.177. The summed E-state index contributed by atoms with van der Waals surface area (Å²) < 4.78 is 7.08. The number of methoxy groups -OCH3 is 1. The molecule has 0 spiro atoms. The summed E-state index contributed by atoms with van der Waals surface area (Å²) in [6.07, 6.45) is 4.68. The molecule has 1 aliphatic heterocycles. The topological polar surface area (TPSA) is 76.4 Å². The van der Waals surface area contributed by atoms with Crippen LogP contribution in [0.5, 0.6) is 0 Å². The fraction of sp³-hybridized carbons (Fsp3) is 0.786. The number of aromatic nitrogens is 3. The number of aliphatic imine (C=N–C) groups is 1. The van der Waals surface area contributed by atoms with Gasteiger partial charge >= 0.3 is 0 Å². The van der Waals surface area contributed by atoms with Gasteiger partial charge in [0.2, 0.25) is 0 Å². The van der Waals surface area contributed by atoms with Crippen LogP contribution in [0.2, 0.25) is 0 Å². The second-order valence-corrected chi connectivity index (χ2v) is 5.84. The number of rotatable bonds is 5. The van der Waals surface area contributed by atoms with Crippen LogP contribution in [-0.2, 0) is 24.3 Å². The number of aryl methyl sites for hydroxylation is 1. The van der Waals surface area contributed by atoms with Crippen LogP contribution in [0.25, 0.3) is 0 Å². The maximum Gasteiger partial charge on any atom is 0.191 e. The fourth-order valence-electron chi connectivity index (χ4n) is 2.62. The molecule has 0 radical (unpaired) electrons. The second kappa shape index (κ2) is 6.43. The van der Waals surface area contributed by atoms with Crippen LogP contribution in [-0.4, -0.2) is 47.5 Å². The number of fused-ring (bicyclic) bond motifs is 1. The van der Waals surface area contributed by atoms with E-state index in [1.54, 1.807) is 7.11 Å². The minimum absolute atomic E-state index is 0.347. The van der Waals surface area contributed by atoms with Crippen molar-refractivity contribution < 1.29 is 4.74 Å². The van der Waals surface area contributed by atoms with Gasteiger partial charge in [-0.15, -0.1) is 0 Å². The van der Waals surface area contributed by atoms with E-state index in [1.165, 1.54) is 12.8 Å². The highest BCUT2D eigenvalue weighted by Crippen LogP contribution is 2.27. The first-order valence-electron chi connectivity index (χ1n) is 7.67. The van der Waals surface area contributed by atoms with Crippen LogP contribution in [0.15, 0.2) is 4.99 Å². The van der Waals surface area contributed by atoms with Gasteiger partial charge < -0.3 is 15.4 Å². The molecule has 2 aliphatic rings. The van der Waals surface area contributed by atoms with E-state index >= 15 is 0 Å². The summed E-state index contributed by atoms with van der Waals surface area (Å²) in [5.74, 6) is 3.56.